The van der Waals surface area contributed by atoms with Crippen LogP contribution in [0.4, 0.5) is 5.69 Å². The first kappa shape index (κ1) is 13.4. The molecule has 106 valence electrons. The zero-order valence-electron chi connectivity index (χ0n) is 12.3. The van der Waals surface area contributed by atoms with Crippen LogP contribution < -0.4 is 14.6 Å². The molecule has 2 aromatic carbocycles. The summed E-state index contributed by atoms with van der Waals surface area (Å²) in [5.74, 6) is 0.886. The quantitative estimate of drug-likeness (QED) is 0.741. The lowest BCUT2D eigenvalue weighted by Gasteiger charge is -2.08. The van der Waals surface area contributed by atoms with Crippen LogP contribution in [-0.2, 0) is 13.6 Å². The summed E-state index contributed by atoms with van der Waals surface area (Å²) in [6.07, 6.45) is 2.07. The minimum atomic E-state index is 0.798. The lowest BCUT2D eigenvalue weighted by atomic mass is 10.2. The second-order valence-corrected chi connectivity index (χ2v) is 5.09. The second kappa shape index (κ2) is 5.83. The molecule has 0 saturated carbocycles. The summed E-state index contributed by atoms with van der Waals surface area (Å²) in [5.41, 5.74) is 3.57. The summed E-state index contributed by atoms with van der Waals surface area (Å²) < 4.78 is 7.30. The number of anilines is 1. The van der Waals surface area contributed by atoms with Crippen molar-refractivity contribution in [2.24, 2.45) is 7.05 Å². The molecule has 0 fully saturated rings. The van der Waals surface area contributed by atoms with Crippen molar-refractivity contribution in [2.45, 2.75) is 6.54 Å². The van der Waals surface area contributed by atoms with Gasteiger partial charge in [0.15, 0.2) is 6.20 Å². The van der Waals surface area contributed by atoms with E-state index in [0.29, 0.717) is 0 Å². The van der Waals surface area contributed by atoms with Crippen LogP contribution in [0.1, 0.15) is 5.56 Å². The molecule has 3 nitrogen and oxygen atoms in total. The van der Waals surface area contributed by atoms with Crippen LogP contribution >= 0.6 is 0 Å². The third-order valence-electron chi connectivity index (χ3n) is 3.65. The number of fused-ring (bicyclic) bond motifs is 1. The fourth-order valence-corrected chi connectivity index (χ4v) is 2.40. The molecule has 3 rings (SSSR count). The van der Waals surface area contributed by atoms with E-state index in [4.69, 9.17) is 4.74 Å². The Kier molecular flexibility index (Phi) is 3.73. The van der Waals surface area contributed by atoms with Gasteiger partial charge < -0.3 is 10.1 Å². The number of nitrogens with zero attached hydrogens (tertiary/aromatic N) is 1. The molecule has 1 heterocycles. The molecule has 1 N–H and O–H groups in total. The van der Waals surface area contributed by atoms with Crippen molar-refractivity contribution in [3.63, 3.8) is 0 Å². The van der Waals surface area contributed by atoms with Gasteiger partial charge in [-0.1, -0.05) is 12.1 Å². The molecule has 0 aliphatic rings. The van der Waals surface area contributed by atoms with Crippen molar-refractivity contribution in [1.82, 2.24) is 0 Å². The summed E-state index contributed by atoms with van der Waals surface area (Å²) >= 11 is 0. The van der Waals surface area contributed by atoms with Crippen LogP contribution in [-0.4, -0.2) is 7.11 Å². The first-order chi connectivity index (χ1) is 10.3. The molecule has 0 radical (unpaired) electrons. The highest BCUT2D eigenvalue weighted by atomic mass is 16.5. The molecule has 0 amide bonds. The molecular weight excluding hydrogens is 260 g/mol. The molecule has 0 unspecified atom stereocenters. The van der Waals surface area contributed by atoms with Gasteiger partial charge in [0.1, 0.15) is 12.8 Å². The Morgan fingerprint density at radius 1 is 1.05 bits per heavy atom. The maximum atomic E-state index is 5.17. The number of rotatable bonds is 4. The van der Waals surface area contributed by atoms with Crippen LogP contribution in [0.3, 0.4) is 0 Å². The van der Waals surface area contributed by atoms with Crippen LogP contribution in [0, 0.1) is 0 Å². The van der Waals surface area contributed by atoms with Gasteiger partial charge in [-0.15, -0.1) is 0 Å². The zero-order chi connectivity index (χ0) is 14.7. The lowest BCUT2D eigenvalue weighted by Crippen LogP contribution is -2.27. The molecule has 1 aromatic heterocycles. The molecule has 0 aliphatic heterocycles. The molecular formula is C18H19N2O+. The van der Waals surface area contributed by atoms with Crippen molar-refractivity contribution in [3.8, 4) is 5.75 Å². The molecule has 3 heteroatoms. The van der Waals surface area contributed by atoms with Gasteiger partial charge in [-0.05, 0) is 35.9 Å². The fraction of sp³-hybridized carbons (Fsp3) is 0.167. The number of benzene rings is 2. The van der Waals surface area contributed by atoms with Gasteiger partial charge >= 0.3 is 0 Å². The highest BCUT2D eigenvalue weighted by Crippen LogP contribution is 2.17. The van der Waals surface area contributed by atoms with E-state index < -0.39 is 0 Å². The van der Waals surface area contributed by atoms with Crippen LogP contribution in [0.5, 0.6) is 5.75 Å². The molecule has 0 aliphatic carbocycles. The van der Waals surface area contributed by atoms with Crippen LogP contribution in [0.2, 0.25) is 0 Å². The van der Waals surface area contributed by atoms with E-state index in [-0.39, 0.29) is 0 Å². The Labute approximate surface area is 124 Å². The van der Waals surface area contributed by atoms with Crippen molar-refractivity contribution >= 4 is 16.6 Å². The van der Waals surface area contributed by atoms with E-state index in [1.165, 1.54) is 16.5 Å². The molecule has 3 aromatic rings. The summed E-state index contributed by atoms with van der Waals surface area (Å²) in [5, 5.41) is 4.71. The number of nitrogens with one attached hydrogen (secondary N) is 1. The smallest absolute Gasteiger partial charge is 0.214 e. The highest BCUT2D eigenvalue weighted by molar-refractivity contribution is 5.79. The Hall–Kier alpha value is -2.55. The number of aromatic nitrogens is 1. The summed E-state index contributed by atoms with van der Waals surface area (Å²) in [7, 11) is 3.75. The van der Waals surface area contributed by atoms with Crippen molar-refractivity contribution in [1.29, 1.82) is 0 Å². The number of methoxy groups -OCH3 is 1. The summed E-state index contributed by atoms with van der Waals surface area (Å²) in [6.45, 7) is 0.798. The van der Waals surface area contributed by atoms with Gasteiger partial charge in [0.2, 0.25) is 5.52 Å². The molecule has 0 atom stereocenters. The number of pyridine rings is 1. The van der Waals surface area contributed by atoms with Gasteiger partial charge in [-0.25, -0.2) is 4.57 Å². The number of ether oxygens (including phenoxy) is 1. The SMILES string of the molecule is COc1ccc(CNc2ccc3ccc[n+](C)c3c2)cc1. The zero-order valence-corrected chi connectivity index (χ0v) is 12.3. The van der Waals surface area contributed by atoms with E-state index in [1.54, 1.807) is 7.11 Å². The van der Waals surface area contributed by atoms with Gasteiger partial charge in [0.25, 0.3) is 0 Å². The van der Waals surface area contributed by atoms with Crippen LogP contribution in [0.25, 0.3) is 10.9 Å². The first-order valence-corrected chi connectivity index (χ1v) is 7.01. The third kappa shape index (κ3) is 2.97. The number of aryl methyl sites for hydroxylation is 1. The summed E-state index contributed by atoms with van der Waals surface area (Å²) in [4.78, 5) is 0. The average molecular weight is 279 g/mol. The largest absolute Gasteiger partial charge is 0.497 e. The molecule has 0 saturated heterocycles. The highest BCUT2D eigenvalue weighted by Gasteiger charge is 2.05. The van der Waals surface area contributed by atoms with Gasteiger partial charge in [-0.3, -0.25) is 0 Å². The summed E-state index contributed by atoms with van der Waals surface area (Å²) in [6, 6.07) is 18.8. The number of hydrogen-bond acceptors (Lipinski definition) is 2. The first-order valence-electron chi connectivity index (χ1n) is 7.01. The topological polar surface area (TPSA) is 25.1 Å². The van der Waals surface area contributed by atoms with Crippen LogP contribution in [0.15, 0.2) is 60.8 Å². The normalized spacial score (nSPS) is 10.6. The number of hydrogen-bond donors (Lipinski definition) is 1. The second-order valence-electron chi connectivity index (χ2n) is 5.09. The van der Waals surface area contributed by atoms with Gasteiger partial charge in [0, 0.05) is 29.8 Å². The fourth-order valence-electron chi connectivity index (χ4n) is 2.40. The van der Waals surface area contributed by atoms with E-state index in [9.17, 15) is 0 Å². The third-order valence-corrected chi connectivity index (χ3v) is 3.65. The molecule has 0 spiro atoms. The maximum Gasteiger partial charge on any atom is 0.214 e. The van der Waals surface area contributed by atoms with Crippen molar-refractivity contribution in [3.05, 3.63) is 66.4 Å². The van der Waals surface area contributed by atoms with Gasteiger partial charge in [-0.2, -0.15) is 0 Å². The predicted octanol–water partition coefficient (Wildman–Crippen LogP) is 3.29. The molecule has 21 heavy (non-hydrogen) atoms. The standard InChI is InChI=1S/C18H18N2O/c1-20-11-3-4-15-7-8-16(12-18(15)20)19-13-14-5-9-17(21-2)10-6-14/h3-12H,13H2,1-2H3/p+1. The minimum Gasteiger partial charge on any atom is -0.497 e. The Bertz CT molecular complexity index is 751. The van der Waals surface area contributed by atoms with Gasteiger partial charge in [0.05, 0.1) is 7.11 Å². The predicted molar refractivity (Wildman–Crippen MR) is 85.4 cm³/mol. The monoisotopic (exact) mass is 279 g/mol. The maximum absolute atomic E-state index is 5.17. The lowest BCUT2D eigenvalue weighted by molar-refractivity contribution is -0.644. The van der Waals surface area contributed by atoms with E-state index in [2.05, 4.69) is 65.6 Å². The molecule has 0 bridgehead atoms. The minimum absolute atomic E-state index is 0.798. The Morgan fingerprint density at radius 2 is 1.86 bits per heavy atom. The Balaban J connectivity index is 1.76. The van der Waals surface area contributed by atoms with E-state index in [1.807, 2.05) is 12.1 Å². The Morgan fingerprint density at radius 3 is 2.62 bits per heavy atom. The van der Waals surface area contributed by atoms with Crippen molar-refractivity contribution in [2.75, 3.05) is 12.4 Å². The van der Waals surface area contributed by atoms with Crippen molar-refractivity contribution < 1.29 is 9.30 Å². The van der Waals surface area contributed by atoms with E-state index in [0.717, 1.165) is 18.0 Å². The average Bonchev–Trinajstić information content (AvgIpc) is 2.54. The van der Waals surface area contributed by atoms with E-state index >= 15 is 0 Å².